The molecule has 3 nitrogen and oxygen atoms in total. The van der Waals surface area contributed by atoms with Crippen molar-refractivity contribution in [1.82, 2.24) is 0 Å². The van der Waals surface area contributed by atoms with Crippen LogP contribution in [-0.2, 0) is 9.84 Å². The standard InChI is InChI=1S/C4H5NO2S2/c6-9(7)1-4(2-9)5-3-8/h4H,1-2H2. The molecular weight excluding hydrogens is 158 g/mol. The Balaban J connectivity index is 2.54. The van der Waals surface area contributed by atoms with E-state index < -0.39 is 9.84 Å². The highest BCUT2D eigenvalue weighted by Crippen LogP contribution is 2.12. The zero-order chi connectivity index (χ0) is 6.91. The van der Waals surface area contributed by atoms with Gasteiger partial charge in [-0.3, -0.25) is 0 Å². The third-order valence-corrected chi connectivity index (χ3v) is 3.02. The Morgan fingerprint density at radius 2 is 2.11 bits per heavy atom. The van der Waals surface area contributed by atoms with Crippen molar-refractivity contribution in [2.75, 3.05) is 11.5 Å². The normalized spacial score (nSPS) is 24.0. The number of thiocarbonyl (C=S) groups is 1. The van der Waals surface area contributed by atoms with E-state index >= 15 is 0 Å². The summed E-state index contributed by atoms with van der Waals surface area (Å²) in [6.45, 7) is 0. The SMILES string of the molecule is O=S1(=O)CC(N=C=S)C1. The fraction of sp³-hybridized carbons (Fsp3) is 0.750. The first-order valence-electron chi connectivity index (χ1n) is 2.41. The van der Waals surface area contributed by atoms with E-state index in [1.165, 1.54) is 0 Å². The fourth-order valence-corrected chi connectivity index (χ4v) is 2.06. The summed E-state index contributed by atoms with van der Waals surface area (Å²) in [6, 6.07) is -0.104. The maximum atomic E-state index is 10.5. The van der Waals surface area contributed by atoms with E-state index in [9.17, 15) is 8.42 Å². The minimum atomic E-state index is -2.73. The van der Waals surface area contributed by atoms with Crippen LogP contribution < -0.4 is 0 Å². The molecule has 1 rings (SSSR count). The van der Waals surface area contributed by atoms with E-state index in [4.69, 9.17) is 0 Å². The lowest BCUT2D eigenvalue weighted by Crippen LogP contribution is -2.39. The zero-order valence-corrected chi connectivity index (χ0v) is 6.20. The van der Waals surface area contributed by atoms with Crippen LogP contribution in [0.3, 0.4) is 0 Å². The minimum Gasteiger partial charge on any atom is -0.229 e. The molecule has 0 unspecified atom stereocenters. The van der Waals surface area contributed by atoms with Gasteiger partial charge in [-0.05, 0) is 12.2 Å². The number of aliphatic imine (C=N–C) groups is 1. The average Bonchev–Trinajstić information content (AvgIpc) is 1.62. The van der Waals surface area contributed by atoms with Gasteiger partial charge in [-0.1, -0.05) is 0 Å². The number of hydrogen-bond acceptors (Lipinski definition) is 4. The van der Waals surface area contributed by atoms with Gasteiger partial charge < -0.3 is 0 Å². The van der Waals surface area contributed by atoms with Gasteiger partial charge in [0.2, 0.25) is 0 Å². The molecule has 1 aliphatic heterocycles. The van der Waals surface area contributed by atoms with Crippen molar-refractivity contribution < 1.29 is 8.42 Å². The number of hydrogen-bond donors (Lipinski definition) is 0. The van der Waals surface area contributed by atoms with Crippen LogP contribution in [0.5, 0.6) is 0 Å². The molecule has 0 N–H and O–H groups in total. The van der Waals surface area contributed by atoms with Gasteiger partial charge in [0.15, 0.2) is 9.84 Å². The second-order valence-electron chi connectivity index (χ2n) is 1.95. The van der Waals surface area contributed by atoms with Crippen molar-refractivity contribution in [3.8, 4) is 0 Å². The van der Waals surface area contributed by atoms with Gasteiger partial charge >= 0.3 is 0 Å². The third-order valence-electron chi connectivity index (χ3n) is 1.13. The number of isothiocyanates is 1. The van der Waals surface area contributed by atoms with Gasteiger partial charge in [-0.25, -0.2) is 13.4 Å². The molecule has 0 spiro atoms. The molecule has 9 heavy (non-hydrogen) atoms. The summed E-state index contributed by atoms with van der Waals surface area (Å²) in [4.78, 5) is 3.61. The van der Waals surface area contributed by atoms with Crippen LogP contribution in [-0.4, -0.2) is 31.1 Å². The second kappa shape index (κ2) is 2.17. The topological polar surface area (TPSA) is 46.5 Å². The first-order chi connectivity index (χ1) is 4.14. The molecule has 0 atom stereocenters. The first-order valence-corrected chi connectivity index (χ1v) is 4.64. The van der Waals surface area contributed by atoms with Crippen LogP contribution in [0.1, 0.15) is 0 Å². The van der Waals surface area contributed by atoms with Crippen molar-refractivity contribution in [1.29, 1.82) is 0 Å². The highest BCUT2D eigenvalue weighted by molar-refractivity contribution is 7.92. The molecule has 1 saturated heterocycles. The molecule has 1 heterocycles. The van der Waals surface area contributed by atoms with Crippen LogP contribution in [0.4, 0.5) is 0 Å². The summed E-state index contributed by atoms with van der Waals surface area (Å²) >= 11 is 4.29. The molecular formula is C4H5NO2S2. The number of sulfone groups is 1. The van der Waals surface area contributed by atoms with E-state index in [1.807, 2.05) is 0 Å². The highest BCUT2D eigenvalue weighted by atomic mass is 32.2. The van der Waals surface area contributed by atoms with Crippen molar-refractivity contribution in [3.63, 3.8) is 0 Å². The van der Waals surface area contributed by atoms with E-state index in [0.717, 1.165) is 0 Å². The molecule has 1 fully saturated rings. The zero-order valence-electron chi connectivity index (χ0n) is 4.57. The van der Waals surface area contributed by atoms with E-state index in [0.29, 0.717) is 0 Å². The molecule has 0 radical (unpaired) electrons. The maximum absolute atomic E-state index is 10.5. The molecule has 0 saturated carbocycles. The van der Waals surface area contributed by atoms with Crippen LogP contribution in [0.15, 0.2) is 4.99 Å². The van der Waals surface area contributed by atoms with Gasteiger partial charge in [0.05, 0.1) is 22.7 Å². The predicted octanol–water partition coefficient (Wildman–Crippen LogP) is -0.114. The summed E-state index contributed by atoms with van der Waals surface area (Å²) in [5.74, 6) is 0.299. The largest absolute Gasteiger partial charge is 0.229 e. The number of rotatable bonds is 1. The molecule has 0 aromatic carbocycles. The molecule has 1 aliphatic rings. The van der Waals surface area contributed by atoms with E-state index in [-0.39, 0.29) is 17.5 Å². The van der Waals surface area contributed by atoms with Crippen molar-refractivity contribution in [2.24, 2.45) is 4.99 Å². The molecule has 5 heteroatoms. The van der Waals surface area contributed by atoms with Gasteiger partial charge in [-0.2, -0.15) is 0 Å². The summed E-state index contributed by atoms with van der Waals surface area (Å²) in [5, 5.41) is 2.15. The Kier molecular flexibility index (Phi) is 1.66. The maximum Gasteiger partial charge on any atom is 0.154 e. The van der Waals surface area contributed by atoms with Gasteiger partial charge in [0.1, 0.15) is 0 Å². The first kappa shape index (κ1) is 6.86. The summed E-state index contributed by atoms with van der Waals surface area (Å²) in [6.07, 6.45) is 0. The van der Waals surface area contributed by atoms with Crippen LogP contribution in [0, 0.1) is 0 Å². The minimum absolute atomic E-state index is 0.104. The molecule has 0 amide bonds. The lowest BCUT2D eigenvalue weighted by Gasteiger charge is -2.19. The highest BCUT2D eigenvalue weighted by Gasteiger charge is 2.32. The van der Waals surface area contributed by atoms with Crippen molar-refractivity contribution in [2.45, 2.75) is 6.04 Å². The number of nitrogens with zero attached hydrogens (tertiary/aromatic N) is 1. The molecule has 50 valence electrons. The van der Waals surface area contributed by atoms with Crippen LogP contribution in [0.25, 0.3) is 0 Å². The van der Waals surface area contributed by atoms with Gasteiger partial charge in [-0.15, -0.1) is 0 Å². The smallest absolute Gasteiger partial charge is 0.154 e. The van der Waals surface area contributed by atoms with Crippen molar-refractivity contribution >= 4 is 27.2 Å². The molecule has 0 aromatic rings. The second-order valence-corrected chi connectivity index (χ2v) is 4.29. The Morgan fingerprint density at radius 1 is 1.56 bits per heavy atom. The van der Waals surface area contributed by atoms with E-state index in [1.54, 1.807) is 0 Å². The summed E-state index contributed by atoms with van der Waals surface area (Å²) in [7, 11) is -2.73. The van der Waals surface area contributed by atoms with Gasteiger partial charge in [0.25, 0.3) is 0 Å². The summed E-state index contributed by atoms with van der Waals surface area (Å²) in [5.41, 5.74) is 0. The predicted molar refractivity (Wildman–Crippen MR) is 37.5 cm³/mol. The fourth-order valence-electron chi connectivity index (χ4n) is 0.686. The van der Waals surface area contributed by atoms with Crippen molar-refractivity contribution in [3.05, 3.63) is 0 Å². The van der Waals surface area contributed by atoms with Crippen LogP contribution in [0.2, 0.25) is 0 Å². The monoisotopic (exact) mass is 163 g/mol. The molecule has 0 aliphatic carbocycles. The lowest BCUT2D eigenvalue weighted by molar-refractivity contribution is 0.565. The Labute approximate surface area is 58.7 Å². The lowest BCUT2D eigenvalue weighted by atomic mass is 10.4. The third kappa shape index (κ3) is 1.58. The van der Waals surface area contributed by atoms with Crippen LogP contribution >= 0.6 is 12.2 Å². The summed E-state index contributed by atoms with van der Waals surface area (Å²) < 4.78 is 20.9. The quantitative estimate of drug-likeness (QED) is 0.400. The van der Waals surface area contributed by atoms with E-state index in [2.05, 4.69) is 22.4 Å². The Morgan fingerprint density at radius 3 is 2.44 bits per heavy atom. The Hall–Kier alpha value is -0.250. The molecule has 0 bridgehead atoms. The van der Waals surface area contributed by atoms with Gasteiger partial charge in [0, 0.05) is 0 Å². The average molecular weight is 163 g/mol. The Bertz CT molecular complexity index is 238. The molecule has 0 aromatic heterocycles.